The molecule has 0 saturated heterocycles. The van der Waals surface area contributed by atoms with Crippen molar-refractivity contribution >= 4 is 5.78 Å². The largest absolute Gasteiger partial charge is 0.494 e. The van der Waals surface area contributed by atoms with Crippen molar-refractivity contribution < 1.29 is 9.90 Å². The average Bonchev–Trinajstić information content (AvgIpc) is 2.83. The first kappa shape index (κ1) is 16.3. The van der Waals surface area contributed by atoms with Crippen LogP contribution in [0.3, 0.4) is 0 Å². The molecule has 1 aliphatic rings. The highest BCUT2D eigenvalue weighted by Gasteiger charge is 2.34. The molecule has 0 fully saturated rings. The molecular weight excluding hydrogens is 300 g/mol. The van der Waals surface area contributed by atoms with Crippen LogP contribution in [0.15, 0.2) is 24.3 Å². The molecule has 0 atom stereocenters. The Hall–Kier alpha value is -2.54. The van der Waals surface area contributed by atoms with Gasteiger partial charge in [0.25, 0.3) is 0 Å². The van der Waals surface area contributed by atoms with Crippen molar-refractivity contribution in [3.8, 4) is 17.6 Å². The summed E-state index contributed by atoms with van der Waals surface area (Å²) in [4.78, 5) is 12.4. The lowest BCUT2D eigenvalue weighted by atomic mass is 9.76. The number of fused-ring (bicyclic) bond motifs is 1. The first-order valence-corrected chi connectivity index (χ1v) is 8.36. The normalized spacial score (nSPS) is 15.8. The van der Waals surface area contributed by atoms with E-state index >= 15 is 0 Å². The molecule has 1 aromatic heterocycles. The highest BCUT2D eigenvalue weighted by molar-refractivity contribution is 5.99. The molecule has 1 aliphatic carbocycles. The number of nitriles is 1. The van der Waals surface area contributed by atoms with Crippen molar-refractivity contribution in [3.63, 3.8) is 0 Å². The molecule has 0 saturated carbocycles. The number of carbonyl (C=O) groups excluding carboxylic acids is 1. The summed E-state index contributed by atoms with van der Waals surface area (Å²) < 4.78 is 1.76. The second-order valence-electron chi connectivity index (χ2n) is 7.34. The van der Waals surface area contributed by atoms with E-state index in [9.17, 15) is 15.2 Å². The Morgan fingerprint density at radius 2 is 2.04 bits per heavy atom. The lowest BCUT2D eigenvalue weighted by Gasteiger charge is -2.29. The monoisotopic (exact) mass is 322 g/mol. The van der Waals surface area contributed by atoms with Crippen LogP contribution in [0.25, 0.3) is 5.69 Å². The molecular formula is C20H22N2O2. The second kappa shape index (κ2) is 5.83. The third-order valence-electron chi connectivity index (χ3n) is 4.66. The van der Waals surface area contributed by atoms with Crippen LogP contribution in [0.2, 0.25) is 0 Å². The Labute approximate surface area is 142 Å². The molecule has 0 bridgehead atoms. The van der Waals surface area contributed by atoms with Gasteiger partial charge in [-0.05, 0) is 42.0 Å². The maximum atomic E-state index is 12.4. The Kier molecular flexibility index (Phi) is 3.96. The number of Topliss-reactive ketones (excluding diaryl/α,β-unsaturated/α-hetero) is 1. The van der Waals surface area contributed by atoms with E-state index in [0.29, 0.717) is 17.5 Å². The van der Waals surface area contributed by atoms with Gasteiger partial charge in [0.2, 0.25) is 0 Å². The summed E-state index contributed by atoms with van der Waals surface area (Å²) in [6.07, 6.45) is 2.99. The van der Waals surface area contributed by atoms with Gasteiger partial charge in [-0.15, -0.1) is 0 Å². The van der Waals surface area contributed by atoms with Gasteiger partial charge in [0, 0.05) is 29.4 Å². The molecule has 1 heterocycles. The SMILES string of the molecule is CCCc1cc(-n2c(O)cc3c2CC(C)(C)CC3=O)ccc1C#N. The summed E-state index contributed by atoms with van der Waals surface area (Å²) in [5, 5.41) is 19.7. The van der Waals surface area contributed by atoms with Gasteiger partial charge in [0.15, 0.2) is 11.7 Å². The molecule has 0 aliphatic heterocycles. The van der Waals surface area contributed by atoms with E-state index in [1.165, 1.54) is 0 Å². The number of aromatic nitrogens is 1. The molecule has 4 heteroatoms. The fourth-order valence-electron chi connectivity index (χ4n) is 3.59. The van der Waals surface area contributed by atoms with Gasteiger partial charge in [0.1, 0.15) is 0 Å². The number of aromatic hydroxyl groups is 1. The fraction of sp³-hybridized carbons (Fsp3) is 0.400. The molecule has 3 rings (SSSR count). The molecule has 24 heavy (non-hydrogen) atoms. The van der Waals surface area contributed by atoms with Crippen LogP contribution in [0.1, 0.15) is 60.8 Å². The van der Waals surface area contributed by atoms with Crippen LogP contribution in [-0.4, -0.2) is 15.5 Å². The van der Waals surface area contributed by atoms with E-state index in [0.717, 1.165) is 36.2 Å². The first-order chi connectivity index (χ1) is 11.4. The van der Waals surface area contributed by atoms with Crippen LogP contribution >= 0.6 is 0 Å². The summed E-state index contributed by atoms with van der Waals surface area (Å²) >= 11 is 0. The van der Waals surface area contributed by atoms with Crippen molar-refractivity contribution in [1.82, 2.24) is 4.57 Å². The second-order valence-corrected chi connectivity index (χ2v) is 7.34. The number of benzene rings is 1. The first-order valence-electron chi connectivity index (χ1n) is 8.36. The molecule has 4 nitrogen and oxygen atoms in total. The Morgan fingerprint density at radius 1 is 1.29 bits per heavy atom. The highest BCUT2D eigenvalue weighted by Crippen LogP contribution is 2.39. The van der Waals surface area contributed by atoms with E-state index in [4.69, 9.17) is 0 Å². The summed E-state index contributed by atoms with van der Waals surface area (Å²) in [5.74, 6) is 0.163. The van der Waals surface area contributed by atoms with Gasteiger partial charge in [-0.3, -0.25) is 9.36 Å². The van der Waals surface area contributed by atoms with E-state index in [1.54, 1.807) is 16.7 Å². The number of rotatable bonds is 3. The number of aryl methyl sites for hydroxylation is 1. The standard InChI is InChI=1S/C20H22N2O2/c1-4-5-13-8-15(7-6-14(13)12-21)22-17-10-20(2,3)11-18(23)16(17)9-19(22)24/h6-9,24H,4-5,10-11H2,1-3H3. The zero-order valence-electron chi connectivity index (χ0n) is 14.4. The molecule has 0 amide bonds. The van der Waals surface area contributed by atoms with Crippen molar-refractivity contribution in [3.05, 3.63) is 46.6 Å². The van der Waals surface area contributed by atoms with Crippen molar-refractivity contribution in [1.29, 1.82) is 5.26 Å². The molecule has 0 unspecified atom stereocenters. The van der Waals surface area contributed by atoms with Crippen LogP contribution in [0.5, 0.6) is 5.88 Å². The topological polar surface area (TPSA) is 66.0 Å². The lowest BCUT2D eigenvalue weighted by Crippen LogP contribution is -2.27. The predicted molar refractivity (Wildman–Crippen MR) is 92.6 cm³/mol. The summed E-state index contributed by atoms with van der Waals surface area (Å²) in [6.45, 7) is 6.22. The minimum absolute atomic E-state index is 0.0812. The molecule has 1 N–H and O–H groups in total. The van der Waals surface area contributed by atoms with E-state index in [2.05, 4.69) is 26.8 Å². The van der Waals surface area contributed by atoms with Crippen molar-refractivity contribution in [2.24, 2.45) is 5.41 Å². The lowest BCUT2D eigenvalue weighted by molar-refractivity contribution is 0.0911. The van der Waals surface area contributed by atoms with Gasteiger partial charge in [-0.2, -0.15) is 5.26 Å². The van der Waals surface area contributed by atoms with Crippen molar-refractivity contribution in [2.45, 2.75) is 46.5 Å². The van der Waals surface area contributed by atoms with Crippen molar-refractivity contribution in [2.75, 3.05) is 0 Å². The third kappa shape index (κ3) is 2.71. The number of carbonyl (C=O) groups is 1. The van der Waals surface area contributed by atoms with Crippen LogP contribution < -0.4 is 0 Å². The Morgan fingerprint density at radius 3 is 2.71 bits per heavy atom. The maximum Gasteiger partial charge on any atom is 0.196 e. The van der Waals surface area contributed by atoms with Gasteiger partial charge in [0.05, 0.1) is 11.6 Å². The van der Waals surface area contributed by atoms with Gasteiger partial charge in [-0.1, -0.05) is 27.2 Å². The number of nitrogens with zero attached hydrogens (tertiary/aromatic N) is 2. The van der Waals surface area contributed by atoms with Crippen LogP contribution in [-0.2, 0) is 12.8 Å². The summed E-state index contributed by atoms with van der Waals surface area (Å²) in [5.41, 5.74) is 3.81. The van der Waals surface area contributed by atoms with E-state index < -0.39 is 0 Å². The number of hydrogen-bond donors (Lipinski definition) is 1. The minimum Gasteiger partial charge on any atom is -0.494 e. The molecule has 0 spiro atoms. The summed E-state index contributed by atoms with van der Waals surface area (Å²) in [6, 6.07) is 9.38. The van der Waals surface area contributed by atoms with Gasteiger partial charge in [-0.25, -0.2) is 0 Å². The molecule has 1 aromatic carbocycles. The smallest absolute Gasteiger partial charge is 0.196 e. The maximum absolute atomic E-state index is 12.4. The molecule has 0 radical (unpaired) electrons. The Balaban J connectivity index is 2.17. The molecule has 124 valence electrons. The van der Waals surface area contributed by atoms with Gasteiger partial charge < -0.3 is 5.11 Å². The number of hydrogen-bond acceptors (Lipinski definition) is 3. The highest BCUT2D eigenvalue weighted by atomic mass is 16.3. The van der Waals surface area contributed by atoms with Crippen LogP contribution in [0, 0.1) is 16.7 Å². The Bertz CT molecular complexity index is 853. The van der Waals surface area contributed by atoms with E-state index in [1.807, 2.05) is 12.1 Å². The number of ketones is 1. The van der Waals surface area contributed by atoms with E-state index in [-0.39, 0.29) is 17.1 Å². The quantitative estimate of drug-likeness (QED) is 0.922. The minimum atomic E-state index is -0.120. The molecule has 2 aromatic rings. The predicted octanol–water partition coefficient (Wildman–Crippen LogP) is 4.16. The van der Waals surface area contributed by atoms with Crippen LogP contribution in [0.4, 0.5) is 0 Å². The fourth-order valence-corrected chi connectivity index (χ4v) is 3.59. The third-order valence-corrected chi connectivity index (χ3v) is 4.66. The van der Waals surface area contributed by atoms with Gasteiger partial charge >= 0.3 is 0 Å². The zero-order chi connectivity index (χ0) is 17.5. The zero-order valence-corrected chi connectivity index (χ0v) is 14.4. The average molecular weight is 322 g/mol. The summed E-state index contributed by atoms with van der Waals surface area (Å²) in [7, 11) is 0.